The van der Waals surface area contributed by atoms with Gasteiger partial charge < -0.3 is 14.5 Å². The fraction of sp³-hybridized carbons (Fsp3) is 0.528. The first-order valence-corrected chi connectivity index (χ1v) is 17.2. The van der Waals surface area contributed by atoms with Crippen LogP contribution in [0.1, 0.15) is 69.5 Å². The molecule has 49 heavy (non-hydrogen) atoms. The van der Waals surface area contributed by atoms with Crippen molar-refractivity contribution >= 4 is 34.2 Å². The third kappa shape index (κ3) is 5.82. The molecule has 1 aliphatic carbocycles. The Hall–Kier alpha value is -3.51. The van der Waals surface area contributed by atoms with Gasteiger partial charge in [-0.1, -0.05) is 18.2 Å². The molecule has 2 aromatic carbocycles. The topological polar surface area (TPSA) is 67.7 Å². The molecule has 3 atom stereocenters. The lowest BCUT2D eigenvalue weighted by atomic mass is 9.68. The number of carbonyl (C=O) groups excluding carboxylic acids is 1. The van der Waals surface area contributed by atoms with Gasteiger partial charge in [-0.3, -0.25) is 9.36 Å². The zero-order valence-corrected chi connectivity index (χ0v) is 28.1. The summed E-state index contributed by atoms with van der Waals surface area (Å²) < 4.78 is 81.9. The maximum atomic E-state index is 15.5. The second kappa shape index (κ2) is 12.4. The fourth-order valence-electron chi connectivity index (χ4n) is 8.83. The average molecular weight is 705 g/mol. The number of hydrogen-bond acceptors (Lipinski definition) is 5. The summed E-state index contributed by atoms with van der Waals surface area (Å²) in [5, 5.41) is -0.388. The zero-order chi connectivity index (χ0) is 35.0. The lowest BCUT2D eigenvalue weighted by molar-refractivity contribution is -0.137. The molecular formula is C36H38ClF5N4O3. The molecule has 3 aliphatic heterocycles. The minimum absolute atomic E-state index is 0.0850. The molecule has 0 bridgehead atoms. The third-order valence-corrected chi connectivity index (χ3v) is 11.5. The predicted octanol–water partition coefficient (Wildman–Crippen LogP) is 7.71. The maximum absolute atomic E-state index is 15.5. The van der Waals surface area contributed by atoms with Gasteiger partial charge in [0.15, 0.2) is 0 Å². The van der Waals surface area contributed by atoms with E-state index in [1.807, 2.05) is 13.8 Å². The minimum Gasteiger partial charge on any atom is -0.380 e. The fourth-order valence-corrected chi connectivity index (χ4v) is 9.00. The van der Waals surface area contributed by atoms with Crippen molar-refractivity contribution in [1.82, 2.24) is 14.5 Å². The number of rotatable bonds is 5. The SMILES string of the molecule is C=CC(=O)N1[C@H](C)CN(c2nc(=O)n3c4c(c(-c5cc(Cl)c(F)cc5F)c(C(F)(F)F)cc24)CC[C@@H]3CC2CCC3(CC2)COC3)C[C@@H]1C. The molecule has 0 unspecified atom stereocenters. The van der Waals surface area contributed by atoms with Gasteiger partial charge in [-0.2, -0.15) is 18.2 Å². The number of benzene rings is 2. The van der Waals surface area contributed by atoms with Crippen molar-refractivity contribution in [2.24, 2.45) is 11.3 Å². The molecule has 0 radical (unpaired) electrons. The molecule has 0 N–H and O–H groups in total. The van der Waals surface area contributed by atoms with Gasteiger partial charge >= 0.3 is 11.9 Å². The van der Waals surface area contributed by atoms with Gasteiger partial charge in [0.05, 0.1) is 29.3 Å². The number of nitrogens with zero attached hydrogens (tertiary/aromatic N) is 4. The lowest BCUT2D eigenvalue weighted by Gasteiger charge is -2.47. The first-order chi connectivity index (χ1) is 23.2. The molecule has 3 fully saturated rings. The molecular weight excluding hydrogens is 667 g/mol. The smallest absolute Gasteiger partial charge is 0.380 e. The number of aryl methyl sites for hydroxylation is 1. The molecule has 2 saturated heterocycles. The van der Waals surface area contributed by atoms with E-state index in [1.165, 1.54) is 10.6 Å². The van der Waals surface area contributed by atoms with Gasteiger partial charge in [-0.05, 0) is 88.5 Å². The van der Waals surface area contributed by atoms with Gasteiger partial charge in [-0.15, -0.1) is 0 Å². The number of amides is 1. The quantitative estimate of drug-likeness (QED) is 0.155. The van der Waals surface area contributed by atoms with Gasteiger partial charge in [0.25, 0.3) is 0 Å². The van der Waals surface area contributed by atoms with E-state index in [0.717, 1.165) is 51.0 Å². The van der Waals surface area contributed by atoms with E-state index in [-0.39, 0.29) is 71.2 Å². The van der Waals surface area contributed by atoms with E-state index >= 15 is 17.6 Å². The Morgan fingerprint density at radius 3 is 2.35 bits per heavy atom. The van der Waals surface area contributed by atoms with Crippen molar-refractivity contribution in [3.63, 3.8) is 0 Å². The standard InChI is InChI=1S/C36H38ClF5N4O3/c1-4-30(47)45-19(2)15-44(16-20(45)3)33-25-12-26(36(40,41)42)31(24-13-27(37)29(39)14-28(24)38)23-6-5-22(46(32(23)25)34(48)43-33)11-21-7-9-35(10-8-21)17-49-18-35/h4,12-14,19-22H,1,5-11,15-18H2,2-3H3/t19-,20+,22-/m1/s1. The van der Waals surface area contributed by atoms with Crippen molar-refractivity contribution in [1.29, 1.82) is 0 Å². The Kier molecular flexibility index (Phi) is 8.57. The second-order valence-electron chi connectivity index (χ2n) is 14.4. The summed E-state index contributed by atoms with van der Waals surface area (Å²) in [4.78, 5) is 34.7. The first kappa shape index (κ1) is 34.0. The van der Waals surface area contributed by atoms with Crippen molar-refractivity contribution in [3.8, 4) is 11.1 Å². The molecule has 1 amide bonds. The Bertz CT molecular complexity index is 1890. The molecule has 13 heteroatoms. The summed E-state index contributed by atoms with van der Waals surface area (Å²) in [6.45, 7) is 9.19. The number of carbonyl (C=O) groups is 1. The maximum Gasteiger partial charge on any atom is 0.417 e. The molecule has 3 aromatic rings. The Labute approximate surface area is 285 Å². The summed E-state index contributed by atoms with van der Waals surface area (Å²) in [7, 11) is 0. The number of alkyl halides is 3. The zero-order valence-electron chi connectivity index (χ0n) is 27.4. The number of anilines is 1. The largest absolute Gasteiger partial charge is 0.417 e. The molecule has 7 rings (SSSR count). The Morgan fingerprint density at radius 2 is 1.76 bits per heavy atom. The van der Waals surface area contributed by atoms with Gasteiger partial charge in [0.1, 0.15) is 17.5 Å². The van der Waals surface area contributed by atoms with Gasteiger partial charge in [-0.25, -0.2) is 13.6 Å². The first-order valence-electron chi connectivity index (χ1n) is 16.8. The molecule has 1 aromatic heterocycles. The molecule has 262 valence electrons. The van der Waals surface area contributed by atoms with Crippen LogP contribution in [-0.4, -0.2) is 58.7 Å². The highest BCUT2D eigenvalue weighted by molar-refractivity contribution is 6.31. The molecule has 4 aliphatic rings. The highest BCUT2D eigenvalue weighted by atomic mass is 35.5. The molecule has 4 heterocycles. The van der Waals surface area contributed by atoms with Crippen LogP contribution < -0.4 is 10.6 Å². The predicted molar refractivity (Wildman–Crippen MR) is 177 cm³/mol. The van der Waals surface area contributed by atoms with Crippen LogP contribution in [0, 0.1) is 23.0 Å². The number of aromatic nitrogens is 2. The van der Waals surface area contributed by atoms with Crippen LogP contribution in [0.5, 0.6) is 0 Å². The van der Waals surface area contributed by atoms with Crippen molar-refractivity contribution in [2.75, 3.05) is 31.2 Å². The van der Waals surface area contributed by atoms with Gasteiger partial charge in [0.2, 0.25) is 5.91 Å². The van der Waals surface area contributed by atoms with Crippen LogP contribution in [0.15, 0.2) is 35.6 Å². The van der Waals surface area contributed by atoms with Crippen molar-refractivity contribution < 1.29 is 31.5 Å². The van der Waals surface area contributed by atoms with Crippen LogP contribution >= 0.6 is 11.6 Å². The Morgan fingerprint density at radius 1 is 1.08 bits per heavy atom. The second-order valence-corrected chi connectivity index (χ2v) is 14.8. The summed E-state index contributed by atoms with van der Waals surface area (Å²) in [6, 6.07) is 1.27. The van der Waals surface area contributed by atoms with Crippen LogP contribution in [0.4, 0.5) is 27.8 Å². The molecule has 7 nitrogen and oxygen atoms in total. The van der Waals surface area contributed by atoms with E-state index in [4.69, 9.17) is 16.3 Å². The summed E-state index contributed by atoms with van der Waals surface area (Å²) in [5.41, 5.74) is -1.98. The van der Waals surface area contributed by atoms with Crippen LogP contribution in [0.25, 0.3) is 22.0 Å². The van der Waals surface area contributed by atoms with Crippen LogP contribution in [0.2, 0.25) is 5.02 Å². The minimum atomic E-state index is -4.94. The number of halogens is 6. The summed E-state index contributed by atoms with van der Waals surface area (Å²) >= 11 is 6.01. The monoisotopic (exact) mass is 704 g/mol. The normalized spacial score (nSPS) is 24.0. The molecule has 1 spiro atoms. The van der Waals surface area contributed by atoms with E-state index in [9.17, 15) is 14.0 Å². The Balaban J connectivity index is 1.42. The van der Waals surface area contributed by atoms with Crippen molar-refractivity contribution in [2.45, 2.75) is 83.1 Å². The molecule has 1 saturated carbocycles. The highest BCUT2D eigenvalue weighted by Crippen LogP contribution is 2.50. The highest BCUT2D eigenvalue weighted by Gasteiger charge is 2.44. The van der Waals surface area contributed by atoms with E-state index < -0.39 is 45.2 Å². The van der Waals surface area contributed by atoms with Crippen LogP contribution in [-0.2, 0) is 22.1 Å². The lowest BCUT2D eigenvalue weighted by Crippen LogP contribution is -2.58. The summed E-state index contributed by atoms with van der Waals surface area (Å²) in [5.74, 6) is -2.14. The van der Waals surface area contributed by atoms with Crippen LogP contribution in [0.3, 0.4) is 0 Å². The number of hydrogen-bond donors (Lipinski definition) is 0. The average Bonchev–Trinajstić information content (AvgIpc) is 3.03. The van der Waals surface area contributed by atoms with E-state index in [2.05, 4.69) is 11.6 Å². The summed E-state index contributed by atoms with van der Waals surface area (Å²) in [6.07, 6.45) is 1.43. The number of piperazine rings is 1. The van der Waals surface area contributed by atoms with Gasteiger partial charge in [0, 0.05) is 59.2 Å². The van der Waals surface area contributed by atoms with E-state index in [0.29, 0.717) is 24.8 Å². The third-order valence-electron chi connectivity index (χ3n) is 11.2. The number of ether oxygens (including phenoxy) is 1. The van der Waals surface area contributed by atoms with E-state index in [1.54, 1.807) is 9.80 Å². The van der Waals surface area contributed by atoms with Crippen molar-refractivity contribution in [3.05, 3.63) is 69.1 Å².